The van der Waals surface area contributed by atoms with Crippen molar-refractivity contribution in [3.05, 3.63) is 0 Å². The normalized spacial score (nSPS) is 18.2. The highest BCUT2D eigenvalue weighted by molar-refractivity contribution is 4.71. The van der Waals surface area contributed by atoms with Crippen molar-refractivity contribution in [2.45, 2.75) is 51.0 Å². The molecule has 0 atom stereocenters. The lowest BCUT2D eigenvalue weighted by molar-refractivity contribution is 0.123. The van der Waals surface area contributed by atoms with Gasteiger partial charge in [0.1, 0.15) is 0 Å². The zero-order valence-corrected chi connectivity index (χ0v) is 9.71. The number of ether oxygens (including phenoxy) is 1. The van der Waals surface area contributed by atoms with E-state index < -0.39 is 0 Å². The summed E-state index contributed by atoms with van der Waals surface area (Å²) in [6.45, 7) is 2.85. The van der Waals surface area contributed by atoms with E-state index in [0.29, 0.717) is 0 Å². The van der Waals surface area contributed by atoms with E-state index in [0.717, 1.165) is 38.6 Å². The van der Waals surface area contributed by atoms with Gasteiger partial charge in [-0.3, -0.25) is 0 Å². The first kappa shape index (κ1) is 12.9. The molecule has 0 aliphatic heterocycles. The lowest BCUT2D eigenvalue weighted by atomic mass is 9.96. The summed E-state index contributed by atoms with van der Waals surface area (Å²) < 4.78 is 5.45. The van der Waals surface area contributed by atoms with Crippen molar-refractivity contribution in [1.29, 1.82) is 0 Å². The molecule has 2 N–H and O–H groups in total. The molecule has 0 saturated heterocycles. The van der Waals surface area contributed by atoms with Crippen LogP contribution in [0.15, 0.2) is 0 Å². The second-order valence-electron chi connectivity index (χ2n) is 4.33. The molecule has 0 aromatic rings. The smallest absolute Gasteiger partial charge is 0.0591 e. The van der Waals surface area contributed by atoms with Crippen LogP contribution in [0.3, 0.4) is 0 Å². The molecule has 1 aliphatic carbocycles. The van der Waals surface area contributed by atoms with Gasteiger partial charge in [-0.2, -0.15) is 0 Å². The van der Waals surface area contributed by atoms with E-state index in [4.69, 9.17) is 9.84 Å². The summed E-state index contributed by atoms with van der Waals surface area (Å²) in [5.74, 6) is 0. The van der Waals surface area contributed by atoms with Gasteiger partial charge in [0.25, 0.3) is 0 Å². The van der Waals surface area contributed by atoms with E-state index in [1.807, 2.05) is 0 Å². The Labute approximate surface area is 93.2 Å². The first-order chi connectivity index (χ1) is 7.43. The van der Waals surface area contributed by atoms with Gasteiger partial charge in [-0.25, -0.2) is 0 Å². The van der Waals surface area contributed by atoms with Crippen LogP contribution >= 0.6 is 0 Å². The standard InChI is InChI=1S/C12H25NO2/c14-9-4-5-10-15-11-8-13-12-6-2-1-3-7-12/h12-14H,1-11H2. The molecular weight excluding hydrogens is 190 g/mol. The van der Waals surface area contributed by atoms with Gasteiger partial charge >= 0.3 is 0 Å². The number of nitrogens with one attached hydrogen (secondary N) is 1. The van der Waals surface area contributed by atoms with Crippen molar-refractivity contribution in [2.24, 2.45) is 0 Å². The maximum Gasteiger partial charge on any atom is 0.0591 e. The van der Waals surface area contributed by atoms with Crippen LogP contribution in [0.25, 0.3) is 0 Å². The number of hydrogen-bond acceptors (Lipinski definition) is 3. The molecule has 15 heavy (non-hydrogen) atoms. The Balaban J connectivity index is 1.79. The van der Waals surface area contributed by atoms with Crippen LogP contribution in [-0.4, -0.2) is 37.5 Å². The maximum absolute atomic E-state index is 8.57. The highest BCUT2D eigenvalue weighted by Gasteiger charge is 2.11. The van der Waals surface area contributed by atoms with E-state index in [-0.39, 0.29) is 6.61 Å². The molecule has 0 aromatic carbocycles. The summed E-state index contributed by atoms with van der Waals surface area (Å²) in [4.78, 5) is 0. The molecular formula is C12H25NO2. The predicted octanol–water partition coefficient (Wildman–Crippen LogP) is 1.70. The fourth-order valence-electron chi connectivity index (χ4n) is 2.06. The van der Waals surface area contributed by atoms with Gasteiger partial charge in [-0.15, -0.1) is 0 Å². The monoisotopic (exact) mass is 215 g/mol. The average Bonchev–Trinajstić information content (AvgIpc) is 2.29. The molecule has 1 saturated carbocycles. The average molecular weight is 215 g/mol. The minimum Gasteiger partial charge on any atom is -0.396 e. The molecule has 90 valence electrons. The number of aliphatic hydroxyl groups is 1. The molecule has 0 aromatic heterocycles. The van der Waals surface area contributed by atoms with E-state index in [2.05, 4.69) is 5.32 Å². The molecule has 0 radical (unpaired) electrons. The van der Waals surface area contributed by atoms with E-state index in [1.165, 1.54) is 32.1 Å². The van der Waals surface area contributed by atoms with Crippen molar-refractivity contribution >= 4 is 0 Å². The van der Waals surface area contributed by atoms with Gasteiger partial charge in [-0.05, 0) is 25.7 Å². The van der Waals surface area contributed by atoms with Gasteiger partial charge in [0, 0.05) is 25.8 Å². The van der Waals surface area contributed by atoms with Crippen molar-refractivity contribution in [3.63, 3.8) is 0 Å². The van der Waals surface area contributed by atoms with Gasteiger partial charge in [0.15, 0.2) is 0 Å². The molecule has 0 bridgehead atoms. The minimum absolute atomic E-state index is 0.281. The molecule has 0 unspecified atom stereocenters. The van der Waals surface area contributed by atoms with Crippen LogP contribution in [0.4, 0.5) is 0 Å². The van der Waals surface area contributed by atoms with Gasteiger partial charge < -0.3 is 15.2 Å². The summed E-state index contributed by atoms with van der Waals surface area (Å²) in [6, 6.07) is 0.736. The topological polar surface area (TPSA) is 41.5 Å². The minimum atomic E-state index is 0.281. The zero-order chi connectivity index (χ0) is 10.8. The van der Waals surface area contributed by atoms with Crippen molar-refractivity contribution in [1.82, 2.24) is 5.32 Å². The maximum atomic E-state index is 8.57. The zero-order valence-electron chi connectivity index (χ0n) is 9.71. The van der Waals surface area contributed by atoms with Crippen LogP contribution < -0.4 is 5.32 Å². The third kappa shape index (κ3) is 6.88. The van der Waals surface area contributed by atoms with E-state index >= 15 is 0 Å². The van der Waals surface area contributed by atoms with Crippen molar-refractivity contribution in [3.8, 4) is 0 Å². The van der Waals surface area contributed by atoms with Gasteiger partial charge in [0.2, 0.25) is 0 Å². The van der Waals surface area contributed by atoms with E-state index in [9.17, 15) is 0 Å². The molecule has 3 heteroatoms. The summed E-state index contributed by atoms with van der Waals surface area (Å²) in [5, 5.41) is 12.1. The van der Waals surface area contributed by atoms with Gasteiger partial charge in [-0.1, -0.05) is 19.3 Å². The largest absolute Gasteiger partial charge is 0.396 e. The summed E-state index contributed by atoms with van der Waals surface area (Å²) >= 11 is 0. The Bertz CT molecular complexity index is 136. The molecule has 0 heterocycles. The first-order valence-corrected chi connectivity index (χ1v) is 6.35. The van der Waals surface area contributed by atoms with Crippen LogP contribution in [0, 0.1) is 0 Å². The number of hydrogen-bond donors (Lipinski definition) is 2. The number of rotatable bonds is 8. The van der Waals surface area contributed by atoms with E-state index in [1.54, 1.807) is 0 Å². The molecule has 1 rings (SSSR count). The summed E-state index contributed by atoms with van der Waals surface area (Å²) in [5.41, 5.74) is 0. The SMILES string of the molecule is OCCCCOCCNC1CCCCC1. The fourth-order valence-corrected chi connectivity index (χ4v) is 2.06. The van der Waals surface area contributed by atoms with Crippen LogP contribution in [0.2, 0.25) is 0 Å². The molecule has 1 fully saturated rings. The molecule has 3 nitrogen and oxygen atoms in total. The molecule has 0 amide bonds. The lowest BCUT2D eigenvalue weighted by Crippen LogP contribution is -2.33. The quantitative estimate of drug-likeness (QED) is 0.606. The Morgan fingerprint density at radius 1 is 1.07 bits per heavy atom. The second-order valence-corrected chi connectivity index (χ2v) is 4.33. The number of aliphatic hydroxyl groups excluding tert-OH is 1. The van der Waals surface area contributed by atoms with Gasteiger partial charge in [0.05, 0.1) is 6.61 Å². The molecule has 1 aliphatic rings. The lowest BCUT2D eigenvalue weighted by Gasteiger charge is -2.22. The Kier molecular flexibility index (Phi) is 7.88. The van der Waals surface area contributed by atoms with Crippen molar-refractivity contribution < 1.29 is 9.84 Å². The predicted molar refractivity (Wildman–Crippen MR) is 62.0 cm³/mol. The van der Waals surface area contributed by atoms with Crippen LogP contribution in [-0.2, 0) is 4.74 Å². The van der Waals surface area contributed by atoms with Crippen LogP contribution in [0.5, 0.6) is 0 Å². The highest BCUT2D eigenvalue weighted by Crippen LogP contribution is 2.16. The third-order valence-electron chi connectivity index (χ3n) is 2.98. The number of unbranched alkanes of at least 4 members (excludes halogenated alkanes) is 1. The highest BCUT2D eigenvalue weighted by atomic mass is 16.5. The Morgan fingerprint density at radius 3 is 2.60 bits per heavy atom. The summed E-state index contributed by atoms with van der Waals surface area (Å²) in [6.07, 6.45) is 8.69. The fraction of sp³-hybridized carbons (Fsp3) is 1.00. The second kappa shape index (κ2) is 9.13. The summed E-state index contributed by atoms with van der Waals surface area (Å²) in [7, 11) is 0. The Morgan fingerprint density at radius 2 is 1.87 bits per heavy atom. The van der Waals surface area contributed by atoms with Crippen molar-refractivity contribution in [2.75, 3.05) is 26.4 Å². The Hall–Kier alpha value is -0.120. The third-order valence-corrected chi connectivity index (χ3v) is 2.98. The molecule has 0 spiro atoms. The first-order valence-electron chi connectivity index (χ1n) is 6.35. The van der Waals surface area contributed by atoms with Crippen LogP contribution in [0.1, 0.15) is 44.9 Å².